The Labute approximate surface area is 126 Å². The molecule has 0 saturated heterocycles. The second-order valence-electron chi connectivity index (χ2n) is 4.74. The number of pyridine rings is 1. The zero-order chi connectivity index (χ0) is 15.0. The van der Waals surface area contributed by atoms with Crippen LogP contribution in [0.15, 0.2) is 36.7 Å². The fraction of sp³-hybridized carbons (Fsp3) is 0.0667. The van der Waals surface area contributed by atoms with Crippen molar-refractivity contribution < 1.29 is 4.79 Å². The van der Waals surface area contributed by atoms with Gasteiger partial charge in [-0.05, 0) is 30.7 Å². The number of aromatic nitrogens is 2. The van der Waals surface area contributed by atoms with Crippen LogP contribution < -0.4 is 11.1 Å². The number of carbonyl (C=O) groups excluding carboxylic acids is 1. The summed E-state index contributed by atoms with van der Waals surface area (Å²) in [5.74, 6) is -0.467. The predicted octanol–water partition coefficient (Wildman–Crippen LogP) is 3.37. The summed E-state index contributed by atoms with van der Waals surface area (Å²) < 4.78 is 0. The van der Waals surface area contributed by atoms with Gasteiger partial charge in [0.1, 0.15) is 5.65 Å². The van der Waals surface area contributed by atoms with Crippen LogP contribution in [0.2, 0.25) is 5.02 Å². The van der Waals surface area contributed by atoms with Crippen LogP contribution >= 0.6 is 11.6 Å². The highest BCUT2D eigenvalue weighted by molar-refractivity contribution is 6.34. The van der Waals surface area contributed by atoms with Gasteiger partial charge in [-0.15, -0.1) is 0 Å². The zero-order valence-corrected chi connectivity index (χ0v) is 12.0. The zero-order valence-electron chi connectivity index (χ0n) is 11.3. The van der Waals surface area contributed by atoms with Crippen molar-refractivity contribution in [1.82, 2.24) is 9.97 Å². The van der Waals surface area contributed by atoms with E-state index in [1.807, 2.05) is 19.1 Å². The first-order valence-electron chi connectivity index (χ1n) is 6.35. The van der Waals surface area contributed by atoms with Gasteiger partial charge in [-0.25, -0.2) is 4.98 Å². The van der Waals surface area contributed by atoms with Gasteiger partial charge in [0.25, 0.3) is 0 Å². The van der Waals surface area contributed by atoms with Gasteiger partial charge in [-0.3, -0.25) is 4.79 Å². The monoisotopic (exact) mass is 300 g/mol. The number of fused-ring (bicyclic) bond motifs is 1. The van der Waals surface area contributed by atoms with Gasteiger partial charge in [0, 0.05) is 22.8 Å². The lowest BCUT2D eigenvalue weighted by molar-refractivity contribution is 0.100. The lowest BCUT2D eigenvalue weighted by Gasteiger charge is -2.13. The van der Waals surface area contributed by atoms with E-state index in [-0.39, 0.29) is 0 Å². The van der Waals surface area contributed by atoms with Crippen molar-refractivity contribution in [3.8, 4) is 0 Å². The van der Waals surface area contributed by atoms with Crippen LogP contribution in [0.1, 0.15) is 15.9 Å². The molecule has 2 heterocycles. The minimum absolute atomic E-state index is 0.443. The molecule has 6 heteroatoms. The number of nitrogens with two attached hydrogens (primary N) is 1. The highest BCUT2D eigenvalue weighted by atomic mass is 35.5. The molecule has 0 saturated carbocycles. The standard InChI is InChI=1S/C15H13ClN4O/c1-8-2-3-9(14(17)21)6-12(8)20-13-10-4-5-18-15(10)19-7-11(13)16/h2-7H,1H3,(H2,17,21)(H2,18,19,20). The van der Waals surface area contributed by atoms with E-state index in [0.717, 1.165) is 28.0 Å². The molecule has 3 rings (SSSR count). The molecule has 0 radical (unpaired) electrons. The second kappa shape index (κ2) is 5.10. The van der Waals surface area contributed by atoms with Gasteiger partial charge >= 0.3 is 0 Å². The van der Waals surface area contributed by atoms with Gasteiger partial charge < -0.3 is 16.0 Å². The molecular weight excluding hydrogens is 288 g/mol. The lowest BCUT2D eigenvalue weighted by Crippen LogP contribution is -2.11. The number of nitrogens with zero attached hydrogens (tertiary/aromatic N) is 1. The first-order valence-corrected chi connectivity index (χ1v) is 6.73. The normalized spacial score (nSPS) is 10.8. The van der Waals surface area contributed by atoms with Crippen molar-refractivity contribution in [2.24, 2.45) is 5.73 Å². The fourth-order valence-electron chi connectivity index (χ4n) is 2.16. The molecule has 0 bridgehead atoms. The quantitative estimate of drug-likeness (QED) is 0.693. The predicted molar refractivity (Wildman–Crippen MR) is 84.1 cm³/mol. The number of benzene rings is 1. The molecule has 0 fully saturated rings. The molecule has 1 aromatic carbocycles. The van der Waals surface area contributed by atoms with E-state index in [0.29, 0.717) is 10.6 Å². The number of hydrogen-bond donors (Lipinski definition) is 3. The van der Waals surface area contributed by atoms with Crippen LogP contribution in [-0.4, -0.2) is 15.9 Å². The first-order chi connectivity index (χ1) is 10.1. The molecule has 4 N–H and O–H groups in total. The number of amides is 1. The molecule has 106 valence electrons. The highest BCUT2D eigenvalue weighted by Gasteiger charge is 2.11. The Kier molecular flexibility index (Phi) is 3.27. The largest absolute Gasteiger partial charge is 0.366 e. The molecule has 0 spiro atoms. The van der Waals surface area contributed by atoms with Crippen LogP contribution in [0.5, 0.6) is 0 Å². The SMILES string of the molecule is Cc1ccc(C(N)=O)cc1Nc1c(Cl)cnc2[nH]ccc12. The fourth-order valence-corrected chi connectivity index (χ4v) is 2.35. The molecular formula is C15H13ClN4O. The smallest absolute Gasteiger partial charge is 0.248 e. The molecule has 0 aliphatic carbocycles. The van der Waals surface area contributed by atoms with Crippen molar-refractivity contribution in [1.29, 1.82) is 0 Å². The van der Waals surface area contributed by atoms with Crippen molar-refractivity contribution in [2.45, 2.75) is 6.92 Å². The van der Waals surface area contributed by atoms with Crippen LogP contribution in [-0.2, 0) is 0 Å². The summed E-state index contributed by atoms with van der Waals surface area (Å²) in [7, 11) is 0. The Balaban J connectivity index is 2.10. The third kappa shape index (κ3) is 2.43. The number of rotatable bonds is 3. The molecule has 5 nitrogen and oxygen atoms in total. The number of hydrogen-bond acceptors (Lipinski definition) is 3. The number of nitrogens with one attached hydrogen (secondary N) is 2. The third-order valence-electron chi connectivity index (χ3n) is 3.32. The second-order valence-corrected chi connectivity index (χ2v) is 5.15. The Bertz CT molecular complexity index is 841. The highest BCUT2D eigenvalue weighted by Crippen LogP contribution is 2.33. The minimum atomic E-state index is -0.467. The van der Waals surface area contributed by atoms with Gasteiger partial charge in [-0.1, -0.05) is 17.7 Å². The summed E-state index contributed by atoms with van der Waals surface area (Å²) in [6.45, 7) is 1.94. The Hall–Kier alpha value is -2.53. The van der Waals surface area contributed by atoms with Crippen LogP contribution in [0, 0.1) is 6.92 Å². The van der Waals surface area contributed by atoms with Crippen LogP contribution in [0.4, 0.5) is 11.4 Å². The van der Waals surface area contributed by atoms with Crippen molar-refractivity contribution >= 4 is 39.9 Å². The molecule has 0 unspecified atom stereocenters. The number of carbonyl (C=O) groups is 1. The van der Waals surface area contributed by atoms with Gasteiger partial charge in [-0.2, -0.15) is 0 Å². The van der Waals surface area contributed by atoms with E-state index in [1.54, 1.807) is 24.5 Å². The van der Waals surface area contributed by atoms with Crippen LogP contribution in [0.3, 0.4) is 0 Å². The summed E-state index contributed by atoms with van der Waals surface area (Å²) in [5.41, 5.74) is 9.01. The summed E-state index contributed by atoms with van der Waals surface area (Å²) in [6, 6.07) is 7.14. The summed E-state index contributed by atoms with van der Waals surface area (Å²) in [4.78, 5) is 18.6. The summed E-state index contributed by atoms with van der Waals surface area (Å²) in [6.07, 6.45) is 3.38. The molecule has 0 aliphatic rings. The van der Waals surface area contributed by atoms with Crippen molar-refractivity contribution in [3.05, 3.63) is 52.8 Å². The van der Waals surface area contributed by atoms with Crippen molar-refractivity contribution in [2.75, 3.05) is 5.32 Å². The van der Waals surface area contributed by atoms with Gasteiger partial charge in [0.2, 0.25) is 5.91 Å². The average Bonchev–Trinajstić information content (AvgIpc) is 2.92. The molecule has 1 amide bonds. The minimum Gasteiger partial charge on any atom is -0.366 e. The number of aromatic amines is 1. The maximum atomic E-state index is 11.3. The molecule has 3 aromatic rings. The topological polar surface area (TPSA) is 83.8 Å². The van der Waals surface area contributed by atoms with E-state index in [1.165, 1.54) is 0 Å². The average molecular weight is 301 g/mol. The van der Waals surface area contributed by atoms with E-state index in [2.05, 4.69) is 15.3 Å². The Morgan fingerprint density at radius 3 is 2.95 bits per heavy atom. The van der Waals surface area contributed by atoms with Gasteiger partial charge in [0.05, 0.1) is 16.9 Å². The Morgan fingerprint density at radius 2 is 2.19 bits per heavy atom. The Morgan fingerprint density at radius 1 is 1.38 bits per heavy atom. The summed E-state index contributed by atoms with van der Waals surface area (Å²) >= 11 is 6.23. The number of H-pyrrole nitrogens is 1. The number of primary amides is 1. The number of anilines is 2. The van der Waals surface area contributed by atoms with Gasteiger partial charge in [0.15, 0.2) is 0 Å². The maximum Gasteiger partial charge on any atom is 0.248 e. The molecule has 21 heavy (non-hydrogen) atoms. The maximum absolute atomic E-state index is 11.3. The molecule has 0 aliphatic heterocycles. The number of aryl methyl sites for hydroxylation is 1. The molecule has 0 atom stereocenters. The molecule has 2 aromatic heterocycles. The number of halogens is 1. The lowest BCUT2D eigenvalue weighted by atomic mass is 10.1. The summed E-state index contributed by atoms with van der Waals surface area (Å²) in [5, 5.41) is 4.65. The van der Waals surface area contributed by atoms with E-state index < -0.39 is 5.91 Å². The van der Waals surface area contributed by atoms with E-state index in [9.17, 15) is 4.79 Å². The first kappa shape index (κ1) is 13.5. The van der Waals surface area contributed by atoms with Crippen molar-refractivity contribution in [3.63, 3.8) is 0 Å². The third-order valence-corrected chi connectivity index (χ3v) is 3.61. The van der Waals surface area contributed by atoms with E-state index >= 15 is 0 Å². The van der Waals surface area contributed by atoms with Crippen LogP contribution in [0.25, 0.3) is 11.0 Å². The van der Waals surface area contributed by atoms with E-state index in [4.69, 9.17) is 17.3 Å².